The highest BCUT2D eigenvalue weighted by Crippen LogP contribution is 2.45. The van der Waals surface area contributed by atoms with Crippen LogP contribution < -0.4 is 0 Å². The minimum absolute atomic E-state index is 0.0857. The van der Waals surface area contributed by atoms with Crippen LogP contribution in [0.25, 0.3) is 0 Å². The first-order valence-corrected chi connectivity index (χ1v) is 12.8. The van der Waals surface area contributed by atoms with Gasteiger partial charge < -0.3 is 14.6 Å². The molecule has 2 aliphatic carbocycles. The molecule has 5 nitrogen and oxygen atoms in total. The van der Waals surface area contributed by atoms with E-state index in [2.05, 4.69) is 45.9 Å². The summed E-state index contributed by atoms with van der Waals surface area (Å²) >= 11 is 0. The molecular formula is C29H38O5. The molecule has 34 heavy (non-hydrogen) atoms. The van der Waals surface area contributed by atoms with E-state index in [0.29, 0.717) is 30.2 Å². The van der Waals surface area contributed by atoms with E-state index in [1.165, 1.54) is 5.57 Å². The zero-order chi connectivity index (χ0) is 24.4. The Labute approximate surface area is 203 Å². The molecule has 1 N–H and O–H groups in total. The van der Waals surface area contributed by atoms with Crippen LogP contribution in [0.4, 0.5) is 0 Å². The van der Waals surface area contributed by atoms with Gasteiger partial charge in [0.2, 0.25) is 0 Å². The Bertz CT molecular complexity index is 961. The summed E-state index contributed by atoms with van der Waals surface area (Å²) < 4.78 is 11.8. The summed E-state index contributed by atoms with van der Waals surface area (Å²) in [6.45, 7) is 8.57. The number of ether oxygens (including phenoxy) is 2. The normalized spacial score (nSPS) is 33.2. The minimum atomic E-state index is -0.615. The number of aliphatic hydroxyl groups is 1. The molecule has 0 unspecified atom stereocenters. The molecule has 184 valence electrons. The smallest absolute Gasteiger partial charge is 0.338 e. The van der Waals surface area contributed by atoms with Crippen LogP contribution in [0.1, 0.15) is 81.6 Å². The van der Waals surface area contributed by atoms with Gasteiger partial charge in [-0.25, -0.2) is 4.79 Å². The Kier molecular flexibility index (Phi) is 7.61. The van der Waals surface area contributed by atoms with Crippen molar-refractivity contribution in [2.24, 2.45) is 23.7 Å². The monoisotopic (exact) mass is 466 g/mol. The highest BCUT2D eigenvalue weighted by atomic mass is 16.5. The van der Waals surface area contributed by atoms with Crippen molar-refractivity contribution in [2.75, 3.05) is 0 Å². The largest absolute Gasteiger partial charge is 0.462 e. The van der Waals surface area contributed by atoms with E-state index in [1.54, 1.807) is 0 Å². The molecule has 1 aliphatic heterocycles. The zero-order valence-corrected chi connectivity index (χ0v) is 20.8. The average molecular weight is 467 g/mol. The maximum atomic E-state index is 13.3. The molecule has 0 radical (unpaired) electrons. The third-order valence-corrected chi connectivity index (χ3v) is 7.71. The van der Waals surface area contributed by atoms with Crippen molar-refractivity contribution in [3.8, 4) is 0 Å². The van der Waals surface area contributed by atoms with Crippen LogP contribution in [-0.2, 0) is 14.3 Å². The second-order valence-corrected chi connectivity index (χ2v) is 10.8. The Morgan fingerprint density at radius 1 is 1.18 bits per heavy atom. The standard InChI is InChI=1S/C29H38O5/c1-17(2)23-7-5-6-8-25(23)29(32)34-26-14-18(3)13-20-10-9-19(4)24(28(20)26)12-11-22-15-21(30)16-27(31)33-22/h5-10,13,17-19,21-22,24,26,28,30H,11-12,14-16H2,1-4H3/t18-,19-,21+,22+,24-,26-,28-/m0/s1. The quantitative estimate of drug-likeness (QED) is 0.554. The van der Waals surface area contributed by atoms with E-state index in [9.17, 15) is 14.7 Å². The summed E-state index contributed by atoms with van der Waals surface area (Å²) in [5.74, 6) is 0.733. The third kappa shape index (κ3) is 5.46. The number of allylic oxidation sites excluding steroid dienone is 3. The van der Waals surface area contributed by atoms with Crippen molar-refractivity contribution in [3.63, 3.8) is 0 Å². The first-order valence-electron chi connectivity index (χ1n) is 12.8. The van der Waals surface area contributed by atoms with Crippen molar-refractivity contribution in [1.82, 2.24) is 0 Å². The first-order chi connectivity index (χ1) is 16.2. The SMILES string of the molecule is CC(C)c1ccccc1C(=O)O[C@H]1C[C@@H](C)C=C2C=C[C@H](C)[C@H](CC[C@@H]3C[C@@H](O)CC(=O)O3)[C@H]21. The lowest BCUT2D eigenvalue weighted by Crippen LogP contribution is -2.41. The fourth-order valence-corrected chi connectivity index (χ4v) is 6.03. The molecule has 3 aliphatic rings. The second-order valence-electron chi connectivity index (χ2n) is 10.8. The van der Waals surface area contributed by atoms with Crippen molar-refractivity contribution >= 4 is 11.9 Å². The molecule has 4 rings (SSSR count). The van der Waals surface area contributed by atoms with Crippen molar-refractivity contribution in [2.45, 2.75) is 84.0 Å². The van der Waals surface area contributed by atoms with E-state index in [1.807, 2.05) is 24.3 Å². The Balaban J connectivity index is 1.53. The topological polar surface area (TPSA) is 72.8 Å². The van der Waals surface area contributed by atoms with E-state index in [0.717, 1.165) is 18.4 Å². The molecule has 7 atom stereocenters. The molecule has 0 spiro atoms. The molecule has 0 aromatic heterocycles. The van der Waals surface area contributed by atoms with Gasteiger partial charge in [-0.05, 0) is 60.1 Å². The Hall–Kier alpha value is -2.40. The van der Waals surface area contributed by atoms with Crippen molar-refractivity contribution in [3.05, 3.63) is 59.2 Å². The van der Waals surface area contributed by atoms with Gasteiger partial charge >= 0.3 is 11.9 Å². The molecule has 0 amide bonds. The van der Waals surface area contributed by atoms with Gasteiger partial charge in [0.1, 0.15) is 12.2 Å². The number of hydrogen-bond acceptors (Lipinski definition) is 5. The molecule has 1 aromatic carbocycles. The number of carbonyl (C=O) groups is 2. The van der Waals surface area contributed by atoms with Crippen molar-refractivity contribution < 1.29 is 24.2 Å². The number of hydrogen-bond donors (Lipinski definition) is 1. The minimum Gasteiger partial charge on any atom is -0.462 e. The number of fused-ring (bicyclic) bond motifs is 1. The van der Waals surface area contributed by atoms with E-state index in [-0.39, 0.29) is 48.3 Å². The highest BCUT2D eigenvalue weighted by Gasteiger charge is 2.42. The van der Waals surface area contributed by atoms with Crippen LogP contribution in [0.2, 0.25) is 0 Å². The summed E-state index contributed by atoms with van der Waals surface area (Å²) in [6, 6.07) is 7.73. The summed E-state index contributed by atoms with van der Waals surface area (Å²) in [7, 11) is 0. The van der Waals surface area contributed by atoms with Gasteiger partial charge in [-0.3, -0.25) is 4.79 Å². The lowest BCUT2D eigenvalue weighted by molar-refractivity contribution is -0.160. The van der Waals surface area contributed by atoms with Gasteiger partial charge in [-0.1, -0.05) is 64.1 Å². The van der Waals surface area contributed by atoms with Gasteiger partial charge in [0.25, 0.3) is 0 Å². The molecule has 5 heteroatoms. The molecule has 0 bridgehead atoms. The third-order valence-electron chi connectivity index (χ3n) is 7.71. The highest BCUT2D eigenvalue weighted by molar-refractivity contribution is 5.91. The number of rotatable bonds is 6. The predicted octanol–water partition coefficient (Wildman–Crippen LogP) is 5.59. The van der Waals surface area contributed by atoms with Crippen LogP contribution in [0, 0.1) is 23.7 Å². The van der Waals surface area contributed by atoms with E-state index < -0.39 is 6.10 Å². The van der Waals surface area contributed by atoms with E-state index >= 15 is 0 Å². The molecular weight excluding hydrogens is 428 g/mol. The van der Waals surface area contributed by atoms with Gasteiger partial charge in [-0.2, -0.15) is 0 Å². The molecule has 1 saturated heterocycles. The number of aliphatic hydroxyl groups excluding tert-OH is 1. The first kappa shape index (κ1) is 24.7. The van der Waals surface area contributed by atoms with Crippen LogP contribution in [0.5, 0.6) is 0 Å². The van der Waals surface area contributed by atoms with Gasteiger partial charge in [0, 0.05) is 12.3 Å². The number of esters is 2. The summed E-state index contributed by atoms with van der Waals surface area (Å²) in [4.78, 5) is 25.1. The van der Waals surface area contributed by atoms with Gasteiger partial charge in [-0.15, -0.1) is 0 Å². The molecule has 1 aromatic rings. The van der Waals surface area contributed by atoms with Crippen LogP contribution >= 0.6 is 0 Å². The van der Waals surface area contributed by atoms with Gasteiger partial charge in [0.05, 0.1) is 18.1 Å². The zero-order valence-electron chi connectivity index (χ0n) is 20.8. The number of benzene rings is 1. The predicted molar refractivity (Wildman–Crippen MR) is 131 cm³/mol. The second kappa shape index (κ2) is 10.5. The average Bonchev–Trinajstić information content (AvgIpc) is 2.77. The molecule has 0 saturated carbocycles. The number of cyclic esters (lactones) is 1. The van der Waals surface area contributed by atoms with Crippen LogP contribution in [0.15, 0.2) is 48.1 Å². The maximum Gasteiger partial charge on any atom is 0.338 e. The summed E-state index contributed by atoms with van der Waals surface area (Å²) in [5.41, 5.74) is 2.91. The summed E-state index contributed by atoms with van der Waals surface area (Å²) in [5, 5.41) is 9.99. The summed E-state index contributed by atoms with van der Waals surface area (Å²) in [6.07, 6.45) is 8.66. The van der Waals surface area contributed by atoms with Crippen molar-refractivity contribution in [1.29, 1.82) is 0 Å². The fourth-order valence-electron chi connectivity index (χ4n) is 6.03. The molecule has 1 fully saturated rings. The molecule has 1 heterocycles. The van der Waals surface area contributed by atoms with E-state index in [4.69, 9.17) is 9.47 Å². The maximum absolute atomic E-state index is 13.3. The van der Waals surface area contributed by atoms with Crippen LogP contribution in [0.3, 0.4) is 0 Å². The lowest BCUT2D eigenvalue weighted by Gasteiger charge is -2.43. The lowest BCUT2D eigenvalue weighted by atomic mass is 9.65. The van der Waals surface area contributed by atoms with Gasteiger partial charge in [0.15, 0.2) is 0 Å². The fraction of sp³-hybridized carbons (Fsp3) is 0.586. The van der Waals surface area contributed by atoms with Crippen LogP contribution in [-0.4, -0.2) is 35.4 Å². The Morgan fingerprint density at radius 2 is 1.94 bits per heavy atom. The number of carbonyl (C=O) groups excluding carboxylic acids is 2. The Morgan fingerprint density at radius 3 is 2.68 bits per heavy atom.